The summed E-state index contributed by atoms with van der Waals surface area (Å²) in [5.74, 6) is 2.38. The lowest BCUT2D eigenvalue weighted by Crippen LogP contribution is -2.32. The lowest BCUT2D eigenvalue weighted by molar-refractivity contribution is -0.129. The summed E-state index contributed by atoms with van der Waals surface area (Å²) in [7, 11) is 6.43. The van der Waals surface area contributed by atoms with Gasteiger partial charge >= 0.3 is 0 Å². The van der Waals surface area contributed by atoms with E-state index in [2.05, 4.69) is 6.07 Å². The maximum atomic E-state index is 12.6. The number of hydrogen-bond acceptors (Lipinski definition) is 5. The summed E-state index contributed by atoms with van der Waals surface area (Å²) < 4.78 is 21.8. The van der Waals surface area contributed by atoms with Crippen molar-refractivity contribution in [2.24, 2.45) is 0 Å². The summed E-state index contributed by atoms with van der Waals surface area (Å²) in [6, 6.07) is 9.66. The lowest BCUT2D eigenvalue weighted by Gasteiger charge is -2.19. The van der Waals surface area contributed by atoms with Gasteiger partial charge in [-0.05, 0) is 54.8 Å². The van der Waals surface area contributed by atoms with Gasteiger partial charge in [-0.1, -0.05) is 6.07 Å². The maximum Gasteiger partial charge on any atom is 0.226 e. The normalized spacial score (nSPS) is 10.4. The van der Waals surface area contributed by atoms with Gasteiger partial charge in [0.1, 0.15) is 12.4 Å². The summed E-state index contributed by atoms with van der Waals surface area (Å²) in [6.07, 6.45) is 0.233. The first-order chi connectivity index (χ1) is 13.4. The highest BCUT2D eigenvalue weighted by molar-refractivity contribution is 5.79. The van der Waals surface area contributed by atoms with Crippen molar-refractivity contribution in [3.8, 4) is 23.0 Å². The maximum absolute atomic E-state index is 12.6. The number of benzene rings is 2. The molecule has 2 aromatic carbocycles. The van der Waals surface area contributed by atoms with Gasteiger partial charge in [0.05, 0.1) is 34.3 Å². The predicted octanol–water partition coefficient (Wildman–Crippen LogP) is 3.41. The molecule has 2 rings (SSSR count). The summed E-state index contributed by atoms with van der Waals surface area (Å²) >= 11 is 0. The first-order valence-electron chi connectivity index (χ1n) is 9.11. The number of hydrogen-bond donors (Lipinski definition) is 0. The van der Waals surface area contributed by atoms with Gasteiger partial charge in [0, 0.05) is 7.05 Å². The van der Waals surface area contributed by atoms with Crippen molar-refractivity contribution >= 4 is 5.91 Å². The molecule has 6 nitrogen and oxygen atoms in total. The molecular formula is C22H29NO5. The number of carbonyl (C=O) groups is 1. The summed E-state index contributed by atoms with van der Waals surface area (Å²) in [5.41, 5.74) is 3.10. The van der Waals surface area contributed by atoms with Gasteiger partial charge in [0.25, 0.3) is 0 Å². The fourth-order valence-corrected chi connectivity index (χ4v) is 2.99. The first kappa shape index (κ1) is 21.4. The van der Waals surface area contributed by atoms with Gasteiger partial charge in [-0.25, -0.2) is 0 Å². The van der Waals surface area contributed by atoms with Crippen LogP contribution in [0.1, 0.15) is 16.7 Å². The molecule has 1 amide bonds. The standard InChI is InChI=1S/C22H29NO5/c1-15-9-16(2)11-18(10-15)28-8-7-23(3)21(24)14-17-12-19(25-4)22(27-6)20(13-17)26-5/h9-13H,7-8,14H2,1-6H3. The fourth-order valence-electron chi connectivity index (χ4n) is 2.99. The number of carbonyl (C=O) groups excluding carboxylic acids is 1. The van der Waals surface area contributed by atoms with Crippen LogP contribution in [0.5, 0.6) is 23.0 Å². The van der Waals surface area contributed by atoms with E-state index in [1.807, 2.05) is 26.0 Å². The van der Waals surface area contributed by atoms with Crippen LogP contribution >= 0.6 is 0 Å². The molecule has 0 saturated heterocycles. The molecule has 28 heavy (non-hydrogen) atoms. The van der Waals surface area contributed by atoms with E-state index in [-0.39, 0.29) is 12.3 Å². The smallest absolute Gasteiger partial charge is 0.226 e. The number of aryl methyl sites for hydroxylation is 2. The van der Waals surface area contributed by atoms with E-state index in [9.17, 15) is 4.79 Å². The molecule has 0 atom stereocenters. The highest BCUT2D eigenvalue weighted by Crippen LogP contribution is 2.38. The van der Waals surface area contributed by atoms with E-state index in [4.69, 9.17) is 18.9 Å². The Labute approximate surface area is 167 Å². The Balaban J connectivity index is 1.96. The third-order valence-corrected chi connectivity index (χ3v) is 4.40. The largest absolute Gasteiger partial charge is 0.493 e. The van der Waals surface area contributed by atoms with E-state index in [0.29, 0.717) is 30.4 Å². The molecule has 0 N–H and O–H groups in total. The van der Waals surface area contributed by atoms with Crippen molar-refractivity contribution < 1.29 is 23.7 Å². The van der Waals surface area contributed by atoms with Crippen molar-refractivity contribution in [1.29, 1.82) is 0 Å². The van der Waals surface area contributed by atoms with Crippen LogP contribution in [0.4, 0.5) is 0 Å². The monoisotopic (exact) mass is 387 g/mol. The van der Waals surface area contributed by atoms with Crippen LogP contribution in [-0.2, 0) is 11.2 Å². The van der Waals surface area contributed by atoms with Crippen molar-refractivity contribution in [3.63, 3.8) is 0 Å². The Morgan fingerprint density at radius 2 is 1.46 bits per heavy atom. The number of rotatable bonds is 9. The van der Waals surface area contributed by atoms with Gasteiger partial charge in [-0.15, -0.1) is 0 Å². The van der Waals surface area contributed by atoms with Crippen LogP contribution < -0.4 is 18.9 Å². The Morgan fingerprint density at radius 1 is 0.893 bits per heavy atom. The average molecular weight is 387 g/mol. The van der Waals surface area contributed by atoms with E-state index < -0.39 is 0 Å². The second-order valence-corrected chi connectivity index (χ2v) is 6.70. The number of amides is 1. The van der Waals surface area contributed by atoms with Crippen molar-refractivity contribution in [2.75, 3.05) is 41.5 Å². The van der Waals surface area contributed by atoms with E-state index in [0.717, 1.165) is 22.4 Å². The first-order valence-corrected chi connectivity index (χ1v) is 9.11. The SMILES string of the molecule is COc1cc(CC(=O)N(C)CCOc2cc(C)cc(C)c2)cc(OC)c1OC. The zero-order chi connectivity index (χ0) is 20.7. The molecule has 0 aliphatic heterocycles. The van der Waals surface area contributed by atoms with Gasteiger partial charge in [0.15, 0.2) is 11.5 Å². The van der Waals surface area contributed by atoms with Crippen LogP contribution in [0, 0.1) is 13.8 Å². The number of likely N-dealkylation sites (N-methyl/N-ethyl adjacent to an activating group) is 1. The molecule has 2 aromatic rings. The van der Waals surface area contributed by atoms with E-state index in [1.165, 1.54) is 0 Å². The summed E-state index contributed by atoms with van der Waals surface area (Å²) in [4.78, 5) is 14.2. The van der Waals surface area contributed by atoms with Crippen LogP contribution in [-0.4, -0.2) is 52.3 Å². The minimum Gasteiger partial charge on any atom is -0.493 e. The minimum absolute atomic E-state index is 0.0155. The Kier molecular flexibility index (Phi) is 7.55. The van der Waals surface area contributed by atoms with Gasteiger partial charge in [0.2, 0.25) is 11.7 Å². The molecule has 0 unspecified atom stereocenters. The number of methoxy groups -OCH3 is 3. The van der Waals surface area contributed by atoms with Gasteiger partial charge in [-0.2, -0.15) is 0 Å². The number of ether oxygens (including phenoxy) is 4. The van der Waals surface area contributed by atoms with E-state index >= 15 is 0 Å². The molecule has 0 heterocycles. The molecule has 152 valence electrons. The zero-order valence-electron chi connectivity index (χ0n) is 17.5. The van der Waals surface area contributed by atoms with Crippen molar-refractivity contribution in [1.82, 2.24) is 4.90 Å². The Bertz CT molecular complexity index is 773. The molecule has 6 heteroatoms. The third-order valence-electron chi connectivity index (χ3n) is 4.40. The highest BCUT2D eigenvalue weighted by atomic mass is 16.5. The van der Waals surface area contributed by atoms with Crippen LogP contribution in [0.15, 0.2) is 30.3 Å². The molecule has 0 aromatic heterocycles. The summed E-state index contributed by atoms with van der Waals surface area (Å²) in [5, 5.41) is 0. The fraction of sp³-hybridized carbons (Fsp3) is 0.409. The molecule has 0 spiro atoms. The van der Waals surface area contributed by atoms with Gasteiger partial charge < -0.3 is 23.8 Å². The zero-order valence-corrected chi connectivity index (χ0v) is 17.5. The predicted molar refractivity (Wildman–Crippen MR) is 109 cm³/mol. The van der Waals surface area contributed by atoms with Crippen LogP contribution in [0.2, 0.25) is 0 Å². The number of nitrogens with zero attached hydrogens (tertiary/aromatic N) is 1. The molecule has 0 aliphatic rings. The molecular weight excluding hydrogens is 358 g/mol. The molecule has 0 fully saturated rings. The molecule has 0 saturated carbocycles. The van der Waals surface area contributed by atoms with Crippen molar-refractivity contribution in [2.45, 2.75) is 20.3 Å². The topological polar surface area (TPSA) is 57.2 Å². The lowest BCUT2D eigenvalue weighted by atomic mass is 10.1. The average Bonchev–Trinajstić information content (AvgIpc) is 2.66. The van der Waals surface area contributed by atoms with Crippen molar-refractivity contribution in [3.05, 3.63) is 47.0 Å². The van der Waals surface area contributed by atoms with Crippen LogP contribution in [0.3, 0.4) is 0 Å². The minimum atomic E-state index is -0.0155. The second-order valence-electron chi connectivity index (χ2n) is 6.70. The molecule has 0 aliphatic carbocycles. The molecule has 0 radical (unpaired) electrons. The van der Waals surface area contributed by atoms with Gasteiger partial charge in [-0.3, -0.25) is 4.79 Å². The summed E-state index contributed by atoms with van der Waals surface area (Å²) in [6.45, 7) is 5.00. The quantitative estimate of drug-likeness (QED) is 0.660. The molecule has 0 bridgehead atoms. The Morgan fingerprint density at radius 3 is 1.96 bits per heavy atom. The highest BCUT2D eigenvalue weighted by Gasteiger charge is 2.16. The van der Waals surface area contributed by atoms with E-state index in [1.54, 1.807) is 45.4 Å². The third kappa shape index (κ3) is 5.55. The van der Waals surface area contributed by atoms with Crippen LogP contribution in [0.25, 0.3) is 0 Å². The Hall–Kier alpha value is -2.89. The second kappa shape index (κ2) is 9.88.